The van der Waals surface area contributed by atoms with E-state index >= 15 is 0 Å². The van der Waals surface area contributed by atoms with E-state index in [4.69, 9.17) is 0 Å². The maximum atomic E-state index is 2.57. The molecule has 0 saturated heterocycles. The van der Waals surface area contributed by atoms with Crippen LogP contribution in [0.4, 0.5) is 17.1 Å². The maximum absolute atomic E-state index is 2.57. The summed E-state index contributed by atoms with van der Waals surface area (Å²) in [7, 11) is 0. The van der Waals surface area contributed by atoms with E-state index in [9.17, 15) is 0 Å². The van der Waals surface area contributed by atoms with Crippen molar-refractivity contribution >= 4 is 38.6 Å². The smallest absolute Gasteiger partial charge is 0.0540 e. The van der Waals surface area contributed by atoms with Gasteiger partial charge >= 0.3 is 0 Å². The average Bonchev–Trinajstić information content (AvgIpc) is 3.70. The Morgan fingerprint density at radius 1 is 0.383 bits per heavy atom. The van der Waals surface area contributed by atoms with E-state index in [2.05, 4.69) is 207 Å². The third-order valence-electron chi connectivity index (χ3n) is 14.4. The highest BCUT2D eigenvalue weighted by Crippen LogP contribution is 2.58. The van der Waals surface area contributed by atoms with E-state index in [1.165, 1.54) is 132 Å². The van der Waals surface area contributed by atoms with Crippen LogP contribution in [-0.4, -0.2) is 0 Å². The molecule has 12 rings (SSSR count). The van der Waals surface area contributed by atoms with Crippen molar-refractivity contribution in [2.24, 2.45) is 0 Å². The Hall–Kier alpha value is -6.70. The van der Waals surface area contributed by atoms with Gasteiger partial charge in [-0.05, 0) is 126 Å². The van der Waals surface area contributed by atoms with E-state index in [-0.39, 0.29) is 10.8 Å². The Morgan fingerprint density at radius 2 is 1.00 bits per heavy atom. The molecule has 0 atom stereocenters. The highest BCUT2D eigenvalue weighted by molar-refractivity contribution is 6.13. The summed E-state index contributed by atoms with van der Waals surface area (Å²) in [5.41, 5.74) is 19.8. The molecule has 3 aliphatic carbocycles. The van der Waals surface area contributed by atoms with Crippen LogP contribution < -0.4 is 4.90 Å². The molecule has 1 spiro atoms. The summed E-state index contributed by atoms with van der Waals surface area (Å²) < 4.78 is 0. The predicted octanol–water partition coefficient (Wildman–Crippen LogP) is 16.3. The molecule has 9 aromatic rings. The Kier molecular flexibility index (Phi) is 7.88. The number of fused-ring (bicyclic) bond motifs is 11. The Balaban J connectivity index is 1.09. The fraction of sp³-hybridized carbons (Fsp3) is 0.153. The lowest BCUT2D eigenvalue weighted by Crippen LogP contribution is -2.28. The van der Waals surface area contributed by atoms with E-state index in [1.54, 1.807) is 0 Å². The number of hydrogen-bond acceptors (Lipinski definition) is 1. The van der Waals surface area contributed by atoms with Crippen molar-refractivity contribution in [2.45, 2.75) is 56.8 Å². The summed E-state index contributed by atoms with van der Waals surface area (Å²) in [5.74, 6) is 0. The molecule has 1 saturated carbocycles. The second kappa shape index (κ2) is 13.4. The van der Waals surface area contributed by atoms with Gasteiger partial charge in [0.15, 0.2) is 0 Å². The van der Waals surface area contributed by atoms with Crippen molar-refractivity contribution in [3.63, 3.8) is 0 Å². The van der Waals surface area contributed by atoms with Crippen molar-refractivity contribution in [1.29, 1.82) is 0 Å². The molecule has 0 N–H and O–H groups in total. The minimum atomic E-state index is -0.118. The van der Waals surface area contributed by atoms with Crippen molar-refractivity contribution in [3.05, 3.63) is 210 Å². The zero-order valence-electron chi connectivity index (χ0n) is 34.4. The van der Waals surface area contributed by atoms with Gasteiger partial charge in [-0.3, -0.25) is 0 Å². The number of para-hydroxylation sites is 1. The van der Waals surface area contributed by atoms with Gasteiger partial charge in [-0.25, -0.2) is 0 Å². The van der Waals surface area contributed by atoms with Gasteiger partial charge in [0.2, 0.25) is 0 Å². The minimum absolute atomic E-state index is 0.0507. The number of benzene rings is 9. The minimum Gasteiger partial charge on any atom is -0.310 e. The standard InChI is InChI=1S/C59H47N/c1-58(2)53-28-9-6-22-49(53)52-27-15-24-44(57(52)58)40-18-14-19-41(37-40)60(42-32-34-50-48-21-7-10-29-54(48)59(55(50)38-42)35-12-3-13-36-59)56-30-11-8-23-51(56)46-26-16-25-45-43-20-5-4-17-39(43)31-33-47(45)46/h4-11,14-34,37-38H,3,12-13,35-36H2,1-2H3. The number of hydrogen-bond donors (Lipinski definition) is 0. The number of anilines is 3. The van der Waals surface area contributed by atoms with Gasteiger partial charge in [0, 0.05) is 27.8 Å². The third-order valence-corrected chi connectivity index (χ3v) is 14.4. The van der Waals surface area contributed by atoms with Crippen LogP contribution >= 0.6 is 0 Å². The molecule has 0 heterocycles. The van der Waals surface area contributed by atoms with E-state index in [1.807, 2.05) is 0 Å². The zero-order chi connectivity index (χ0) is 40.0. The van der Waals surface area contributed by atoms with Crippen LogP contribution in [0.25, 0.3) is 66.1 Å². The van der Waals surface area contributed by atoms with Crippen LogP contribution in [0.1, 0.15) is 68.2 Å². The lowest BCUT2D eigenvalue weighted by molar-refractivity contribution is 0.353. The van der Waals surface area contributed by atoms with E-state index in [0.717, 1.165) is 5.69 Å². The molecule has 0 aromatic heterocycles. The normalized spacial score (nSPS) is 15.4. The molecule has 3 aliphatic rings. The van der Waals surface area contributed by atoms with Crippen LogP contribution in [0.5, 0.6) is 0 Å². The average molecular weight is 770 g/mol. The fourth-order valence-corrected chi connectivity index (χ4v) is 11.8. The van der Waals surface area contributed by atoms with Gasteiger partial charge in [-0.2, -0.15) is 0 Å². The monoisotopic (exact) mass is 769 g/mol. The van der Waals surface area contributed by atoms with Gasteiger partial charge in [0.05, 0.1) is 5.69 Å². The Labute approximate surface area is 353 Å². The topological polar surface area (TPSA) is 3.24 Å². The molecule has 0 bridgehead atoms. The molecule has 0 unspecified atom stereocenters. The van der Waals surface area contributed by atoms with Gasteiger partial charge in [0.25, 0.3) is 0 Å². The molecule has 0 aliphatic heterocycles. The van der Waals surface area contributed by atoms with Gasteiger partial charge in [0.1, 0.15) is 0 Å². The molecule has 0 radical (unpaired) electrons. The van der Waals surface area contributed by atoms with Crippen molar-refractivity contribution in [3.8, 4) is 44.5 Å². The van der Waals surface area contributed by atoms with Crippen LogP contribution in [0, 0.1) is 0 Å². The fourth-order valence-electron chi connectivity index (χ4n) is 11.8. The second-order valence-electron chi connectivity index (χ2n) is 17.9. The number of rotatable bonds is 5. The molecular weight excluding hydrogens is 723 g/mol. The molecule has 288 valence electrons. The third kappa shape index (κ3) is 5.11. The van der Waals surface area contributed by atoms with Crippen molar-refractivity contribution in [1.82, 2.24) is 0 Å². The molecule has 9 aromatic carbocycles. The molecule has 60 heavy (non-hydrogen) atoms. The van der Waals surface area contributed by atoms with Crippen molar-refractivity contribution < 1.29 is 0 Å². The van der Waals surface area contributed by atoms with Gasteiger partial charge in [-0.1, -0.05) is 191 Å². The molecular formula is C59H47N. The van der Waals surface area contributed by atoms with Crippen LogP contribution in [0.2, 0.25) is 0 Å². The SMILES string of the molecule is CC1(C)c2ccccc2-c2cccc(-c3cccc(N(c4ccc5c(c4)C4(CCCCC4)c4ccccc4-5)c4ccccc4-c4cccc5c4ccc4ccccc45)c3)c21. The van der Waals surface area contributed by atoms with Gasteiger partial charge < -0.3 is 4.90 Å². The first-order valence-corrected chi connectivity index (χ1v) is 21.9. The summed E-state index contributed by atoms with van der Waals surface area (Å²) in [6, 6.07) is 71.1. The number of nitrogens with zero attached hydrogens (tertiary/aromatic N) is 1. The summed E-state index contributed by atoms with van der Waals surface area (Å²) in [6.45, 7) is 4.79. The molecule has 1 nitrogen and oxygen atoms in total. The van der Waals surface area contributed by atoms with Crippen molar-refractivity contribution in [2.75, 3.05) is 4.90 Å². The summed E-state index contributed by atoms with van der Waals surface area (Å²) >= 11 is 0. The summed E-state index contributed by atoms with van der Waals surface area (Å²) in [4.78, 5) is 2.56. The highest BCUT2D eigenvalue weighted by Gasteiger charge is 2.44. The maximum Gasteiger partial charge on any atom is 0.0540 e. The van der Waals surface area contributed by atoms with E-state index < -0.39 is 0 Å². The Morgan fingerprint density at radius 3 is 1.87 bits per heavy atom. The van der Waals surface area contributed by atoms with Crippen LogP contribution in [0.15, 0.2) is 188 Å². The van der Waals surface area contributed by atoms with Gasteiger partial charge in [-0.15, -0.1) is 0 Å². The first kappa shape index (κ1) is 35.3. The summed E-state index contributed by atoms with van der Waals surface area (Å²) in [6.07, 6.45) is 6.26. The summed E-state index contributed by atoms with van der Waals surface area (Å²) in [5, 5.41) is 5.10. The first-order chi connectivity index (χ1) is 29.5. The quantitative estimate of drug-likeness (QED) is 0.158. The second-order valence-corrected chi connectivity index (χ2v) is 17.9. The zero-order valence-corrected chi connectivity index (χ0v) is 34.4. The predicted molar refractivity (Wildman–Crippen MR) is 254 cm³/mol. The molecule has 1 fully saturated rings. The molecule has 1 heteroatoms. The first-order valence-electron chi connectivity index (χ1n) is 21.9. The largest absolute Gasteiger partial charge is 0.310 e. The Bertz CT molecular complexity index is 3180. The lowest BCUT2D eigenvalue weighted by atomic mass is 9.68. The lowest BCUT2D eigenvalue weighted by Gasteiger charge is -2.37. The highest BCUT2D eigenvalue weighted by atomic mass is 15.1. The van der Waals surface area contributed by atoms with E-state index in [0.29, 0.717) is 0 Å². The van der Waals surface area contributed by atoms with Crippen LogP contribution in [-0.2, 0) is 10.8 Å². The van der Waals surface area contributed by atoms with Crippen LogP contribution in [0.3, 0.4) is 0 Å². The molecule has 0 amide bonds.